The lowest BCUT2D eigenvalue weighted by atomic mass is 10.0. The third-order valence-corrected chi connectivity index (χ3v) is 4.02. The SMILES string of the molecule is CCC(O)CCNC(=O)NC1CCCOc2cc(Cl)ccc21. The highest BCUT2D eigenvalue weighted by Gasteiger charge is 2.21. The summed E-state index contributed by atoms with van der Waals surface area (Å²) >= 11 is 5.99. The number of ether oxygens (including phenoxy) is 1. The number of urea groups is 1. The van der Waals surface area contributed by atoms with E-state index < -0.39 is 0 Å². The summed E-state index contributed by atoms with van der Waals surface area (Å²) in [5.41, 5.74) is 0.950. The first-order valence-electron chi connectivity index (χ1n) is 7.74. The quantitative estimate of drug-likeness (QED) is 0.779. The molecule has 2 amide bonds. The Kier molecular flexibility index (Phi) is 6.34. The van der Waals surface area contributed by atoms with Gasteiger partial charge < -0.3 is 20.5 Å². The molecule has 0 aliphatic carbocycles. The molecular weight excluding hydrogens is 304 g/mol. The minimum absolute atomic E-state index is 0.0918. The predicted molar refractivity (Wildman–Crippen MR) is 86.4 cm³/mol. The summed E-state index contributed by atoms with van der Waals surface area (Å²) in [4.78, 5) is 12.0. The first-order chi connectivity index (χ1) is 10.6. The summed E-state index contributed by atoms with van der Waals surface area (Å²) in [6.45, 7) is 2.99. The van der Waals surface area contributed by atoms with Gasteiger partial charge in [0.05, 0.1) is 18.8 Å². The van der Waals surface area contributed by atoms with Crippen LogP contribution in [0.3, 0.4) is 0 Å². The topological polar surface area (TPSA) is 70.6 Å². The van der Waals surface area contributed by atoms with Gasteiger partial charge >= 0.3 is 6.03 Å². The number of carbonyl (C=O) groups excluding carboxylic acids is 1. The Balaban J connectivity index is 1.93. The van der Waals surface area contributed by atoms with Crippen molar-refractivity contribution in [3.8, 4) is 5.75 Å². The molecule has 0 saturated carbocycles. The smallest absolute Gasteiger partial charge is 0.315 e. The van der Waals surface area contributed by atoms with Gasteiger partial charge in [0.2, 0.25) is 0 Å². The van der Waals surface area contributed by atoms with Gasteiger partial charge in [0.1, 0.15) is 5.75 Å². The average Bonchev–Trinajstić information content (AvgIpc) is 2.69. The molecule has 6 heteroatoms. The van der Waals surface area contributed by atoms with E-state index >= 15 is 0 Å². The number of nitrogens with one attached hydrogen (secondary N) is 2. The Hall–Kier alpha value is -1.46. The number of aliphatic hydroxyl groups excluding tert-OH is 1. The van der Waals surface area contributed by atoms with Crippen LogP contribution < -0.4 is 15.4 Å². The Labute approximate surface area is 136 Å². The van der Waals surface area contributed by atoms with E-state index in [-0.39, 0.29) is 18.2 Å². The lowest BCUT2D eigenvalue weighted by Gasteiger charge is -2.19. The van der Waals surface area contributed by atoms with Crippen molar-refractivity contribution in [3.05, 3.63) is 28.8 Å². The average molecular weight is 327 g/mol. The molecule has 22 heavy (non-hydrogen) atoms. The molecule has 1 aliphatic rings. The zero-order valence-electron chi connectivity index (χ0n) is 12.8. The second-order valence-electron chi connectivity index (χ2n) is 5.48. The molecule has 0 bridgehead atoms. The van der Waals surface area contributed by atoms with E-state index in [2.05, 4.69) is 10.6 Å². The van der Waals surface area contributed by atoms with Crippen molar-refractivity contribution >= 4 is 17.6 Å². The molecule has 1 aromatic carbocycles. The molecule has 0 radical (unpaired) electrons. The third kappa shape index (κ3) is 4.78. The van der Waals surface area contributed by atoms with E-state index in [1.54, 1.807) is 12.1 Å². The first-order valence-corrected chi connectivity index (χ1v) is 8.12. The van der Waals surface area contributed by atoms with Crippen LogP contribution in [0.2, 0.25) is 5.02 Å². The lowest BCUT2D eigenvalue weighted by molar-refractivity contribution is 0.160. The molecule has 5 nitrogen and oxygen atoms in total. The van der Waals surface area contributed by atoms with Gasteiger partial charge in [-0.2, -0.15) is 0 Å². The number of rotatable bonds is 5. The second kappa shape index (κ2) is 8.25. The van der Waals surface area contributed by atoms with Crippen molar-refractivity contribution in [2.75, 3.05) is 13.2 Å². The highest BCUT2D eigenvalue weighted by Crippen LogP contribution is 2.33. The summed E-state index contributed by atoms with van der Waals surface area (Å²) in [6.07, 6.45) is 2.57. The minimum atomic E-state index is -0.366. The number of halogens is 1. The summed E-state index contributed by atoms with van der Waals surface area (Å²) in [7, 11) is 0. The van der Waals surface area contributed by atoms with Crippen LogP contribution in [-0.4, -0.2) is 30.4 Å². The molecule has 0 saturated heterocycles. The zero-order valence-corrected chi connectivity index (χ0v) is 13.5. The van der Waals surface area contributed by atoms with Crippen molar-refractivity contribution in [2.45, 2.75) is 44.8 Å². The molecule has 2 unspecified atom stereocenters. The largest absolute Gasteiger partial charge is 0.493 e. The normalized spacial score (nSPS) is 18.6. The molecule has 0 spiro atoms. The van der Waals surface area contributed by atoms with E-state index in [4.69, 9.17) is 16.3 Å². The summed E-state index contributed by atoms with van der Waals surface area (Å²) in [6, 6.07) is 5.17. The molecule has 0 fully saturated rings. The van der Waals surface area contributed by atoms with E-state index in [9.17, 15) is 9.90 Å². The van der Waals surface area contributed by atoms with Gasteiger partial charge in [-0.1, -0.05) is 24.6 Å². The van der Waals surface area contributed by atoms with Crippen LogP contribution in [-0.2, 0) is 0 Å². The molecule has 2 atom stereocenters. The van der Waals surface area contributed by atoms with E-state index in [0.29, 0.717) is 31.0 Å². The molecule has 1 heterocycles. The fourth-order valence-corrected chi connectivity index (χ4v) is 2.62. The maximum atomic E-state index is 12.0. The van der Waals surface area contributed by atoms with Crippen molar-refractivity contribution in [3.63, 3.8) is 0 Å². The highest BCUT2D eigenvalue weighted by molar-refractivity contribution is 6.30. The van der Waals surface area contributed by atoms with Gasteiger partial charge in [-0.3, -0.25) is 0 Å². The zero-order chi connectivity index (χ0) is 15.9. The third-order valence-electron chi connectivity index (χ3n) is 3.79. The van der Waals surface area contributed by atoms with Crippen molar-refractivity contribution < 1.29 is 14.6 Å². The van der Waals surface area contributed by atoms with Gasteiger partial charge in [-0.15, -0.1) is 0 Å². The van der Waals surface area contributed by atoms with Gasteiger partial charge in [0, 0.05) is 17.1 Å². The van der Waals surface area contributed by atoms with Crippen LogP contribution in [0.1, 0.15) is 44.2 Å². The van der Waals surface area contributed by atoms with Gasteiger partial charge in [0.25, 0.3) is 0 Å². The Morgan fingerprint density at radius 1 is 1.55 bits per heavy atom. The monoisotopic (exact) mass is 326 g/mol. The standard InChI is InChI=1S/C16H23ClN2O3/c1-2-12(20)7-8-18-16(21)19-14-4-3-9-22-15-10-11(17)5-6-13(14)15/h5-6,10,12,14,20H,2-4,7-9H2,1H3,(H2,18,19,21). The number of hydrogen-bond donors (Lipinski definition) is 3. The van der Waals surface area contributed by atoms with Crippen LogP contribution in [0.15, 0.2) is 18.2 Å². The minimum Gasteiger partial charge on any atom is -0.493 e. The van der Waals surface area contributed by atoms with Crippen LogP contribution in [0, 0.1) is 0 Å². The predicted octanol–water partition coefficient (Wildman–Crippen LogP) is 3.01. The Morgan fingerprint density at radius 2 is 2.36 bits per heavy atom. The first kappa shape index (κ1) is 16.9. The molecular formula is C16H23ClN2O3. The van der Waals surface area contributed by atoms with Crippen LogP contribution >= 0.6 is 11.6 Å². The van der Waals surface area contributed by atoms with Gasteiger partial charge in [-0.25, -0.2) is 4.79 Å². The van der Waals surface area contributed by atoms with Crippen LogP contribution in [0.5, 0.6) is 5.75 Å². The number of hydrogen-bond acceptors (Lipinski definition) is 3. The summed E-state index contributed by atoms with van der Waals surface area (Å²) in [5, 5.41) is 15.9. The van der Waals surface area contributed by atoms with Gasteiger partial charge in [0.15, 0.2) is 0 Å². The number of carbonyl (C=O) groups is 1. The maximum absolute atomic E-state index is 12.0. The number of fused-ring (bicyclic) bond motifs is 1. The van der Waals surface area contributed by atoms with E-state index in [1.165, 1.54) is 0 Å². The fraction of sp³-hybridized carbons (Fsp3) is 0.562. The summed E-state index contributed by atoms with van der Waals surface area (Å²) < 4.78 is 5.68. The number of benzene rings is 1. The lowest BCUT2D eigenvalue weighted by Crippen LogP contribution is -2.39. The second-order valence-corrected chi connectivity index (χ2v) is 5.91. The molecule has 3 N–H and O–H groups in total. The Morgan fingerprint density at radius 3 is 3.14 bits per heavy atom. The molecule has 0 aromatic heterocycles. The van der Waals surface area contributed by atoms with Crippen molar-refractivity contribution in [1.82, 2.24) is 10.6 Å². The molecule has 122 valence electrons. The summed E-state index contributed by atoms with van der Waals surface area (Å²) in [5.74, 6) is 0.733. The van der Waals surface area contributed by atoms with Crippen LogP contribution in [0.25, 0.3) is 0 Å². The van der Waals surface area contributed by atoms with Crippen LogP contribution in [0.4, 0.5) is 4.79 Å². The van der Waals surface area contributed by atoms with E-state index in [1.807, 2.05) is 13.0 Å². The Bertz CT molecular complexity index is 510. The molecule has 1 aliphatic heterocycles. The number of aliphatic hydroxyl groups is 1. The molecule has 1 aromatic rings. The van der Waals surface area contributed by atoms with Gasteiger partial charge in [-0.05, 0) is 37.8 Å². The van der Waals surface area contributed by atoms with Crippen molar-refractivity contribution in [2.24, 2.45) is 0 Å². The van der Waals surface area contributed by atoms with Crippen molar-refractivity contribution in [1.29, 1.82) is 0 Å². The molecule has 2 rings (SSSR count). The maximum Gasteiger partial charge on any atom is 0.315 e. The number of amides is 2. The fourth-order valence-electron chi connectivity index (χ4n) is 2.46. The highest BCUT2D eigenvalue weighted by atomic mass is 35.5. The van der Waals surface area contributed by atoms with E-state index in [0.717, 1.165) is 24.2 Å².